The van der Waals surface area contributed by atoms with Crippen LogP contribution in [0.25, 0.3) is 0 Å². The molecule has 0 heterocycles. The fourth-order valence-corrected chi connectivity index (χ4v) is 1.54. The Labute approximate surface area is 63.2 Å². The molecule has 1 rings (SSSR count). The highest BCUT2D eigenvalue weighted by atomic mass is 19.4. The Kier molecular flexibility index (Phi) is 1.90. The van der Waals surface area contributed by atoms with Crippen molar-refractivity contribution in [2.45, 2.75) is 38.0 Å². The Morgan fingerprint density at radius 1 is 1.55 bits per heavy atom. The average Bonchev–Trinajstić information content (AvgIpc) is 1.83. The van der Waals surface area contributed by atoms with Gasteiger partial charge in [-0.05, 0) is 18.8 Å². The smallest absolute Gasteiger partial charge is 0.380 e. The molecule has 0 amide bonds. The van der Waals surface area contributed by atoms with Crippen molar-refractivity contribution >= 4 is 0 Å². The van der Waals surface area contributed by atoms with Crippen molar-refractivity contribution in [2.75, 3.05) is 0 Å². The van der Waals surface area contributed by atoms with Gasteiger partial charge in [-0.25, -0.2) is 0 Å². The van der Waals surface area contributed by atoms with E-state index in [1.807, 2.05) is 0 Å². The van der Waals surface area contributed by atoms with Crippen molar-refractivity contribution in [3.05, 3.63) is 0 Å². The summed E-state index contributed by atoms with van der Waals surface area (Å²) < 4.78 is 36.2. The molecule has 4 heteroatoms. The molecule has 0 radical (unpaired) electrons. The fraction of sp³-hybridized carbons (Fsp3) is 1.00. The zero-order valence-electron chi connectivity index (χ0n) is 6.28. The Balaban J connectivity index is 2.68. The van der Waals surface area contributed by atoms with Gasteiger partial charge < -0.3 is 5.11 Å². The largest absolute Gasteiger partial charge is 0.417 e. The lowest BCUT2D eigenvalue weighted by Gasteiger charge is -2.45. The normalized spacial score (nSPS) is 38.5. The first kappa shape index (κ1) is 8.84. The first-order valence-corrected chi connectivity index (χ1v) is 3.71. The van der Waals surface area contributed by atoms with E-state index in [1.165, 1.54) is 0 Å². The molecule has 2 atom stereocenters. The third-order valence-electron chi connectivity index (χ3n) is 2.53. The molecule has 1 fully saturated rings. The van der Waals surface area contributed by atoms with Crippen LogP contribution in [-0.4, -0.2) is 16.9 Å². The third kappa shape index (κ3) is 1.13. The highest BCUT2D eigenvalue weighted by molar-refractivity contribution is 5.00. The molecule has 1 aliphatic rings. The number of hydrogen-bond donors (Lipinski definition) is 1. The molecular weight excluding hydrogens is 157 g/mol. The van der Waals surface area contributed by atoms with E-state index in [2.05, 4.69) is 0 Å². The topological polar surface area (TPSA) is 20.2 Å². The third-order valence-corrected chi connectivity index (χ3v) is 2.53. The summed E-state index contributed by atoms with van der Waals surface area (Å²) >= 11 is 0. The lowest BCUT2D eigenvalue weighted by molar-refractivity contribution is -0.310. The molecule has 0 spiro atoms. The Morgan fingerprint density at radius 3 is 2.18 bits per heavy atom. The van der Waals surface area contributed by atoms with Gasteiger partial charge in [0.25, 0.3) is 0 Å². The van der Waals surface area contributed by atoms with Crippen molar-refractivity contribution < 1.29 is 18.3 Å². The summed E-state index contributed by atoms with van der Waals surface area (Å²) in [5.41, 5.74) is -2.37. The van der Waals surface area contributed by atoms with Crippen LogP contribution in [0.5, 0.6) is 0 Å². The molecule has 0 aromatic rings. The summed E-state index contributed by atoms with van der Waals surface area (Å²) in [6.07, 6.45) is -3.68. The number of alkyl halides is 3. The second-order valence-corrected chi connectivity index (χ2v) is 3.07. The van der Waals surface area contributed by atoms with Gasteiger partial charge in [0, 0.05) is 0 Å². The summed E-state index contributed by atoms with van der Waals surface area (Å²) in [5.74, 6) is -0.581. The van der Waals surface area contributed by atoms with Crippen molar-refractivity contribution in [3.8, 4) is 0 Å². The van der Waals surface area contributed by atoms with Gasteiger partial charge in [-0.15, -0.1) is 0 Å². The second kappa shape index (κ2) is 2.37. The fourth-order valence-electron chi connectivity index (χ4n) is 1.54. The van der Waals surface area contributed by atoms with E-state index in [4.69, 9.17) is 5.11 Å². The monoisotopic (exact) mass is 168 g/mol. The first-order chi connectivity index (χ1) is 4.92. The minimum absolute atomic E-state index is 0.130. The molecule has 1 N–H and O–H groups in total. The zero-order chi connectivity index (χ0) is 8.70. The SMILES string of the molecule is CC[C@@H]1CC[C@@]1(O)C(F)(F)F. The van der Waals surface area contributed by atoms with E-state index in [-0.39, 0.29) is 6.42 Å². The highest BCUT2D eigenvalue weighted by Gasteiger charge is 2.62. The summed E-state index contributed by atoms with van der Waals surface area (Å²) in [4.78, 5) is 0. The number of rotatable bonds is 1. The van der Waals surface area contributed by atoms with Crippen LogP contribution in [0.1, 0.15) is 26.2 Å². The molecule has 0 aromatic carbocycles. The lowest BCUT2D eigenvalue weighted by Crippen LogP contribution is -2.57. The van der Waals surface area contributed by atoms with Crippen molar-refractivity contribution in [1.29, 1.82) is 0 Å². The maximum atomic E-state index is 12.1. The quantitative estimate of drug-likeness (QED) is 0.635. The highest BCUT2D eigenvalue weighted by Crippen LogP contribution is 2.50. The average molecular weight is 168 g/mol. The van der Waals surface area contributed by atoms with Gasteiger partial charge in [0.2, 0.25) is 0 Å². The minimum atomic E-state index is -4.44. The van der Waals surface area contributed by atoms with Gasteiger partial charge in [0.05, 0.1) is 0 Å². The summed E-state index contributed by atoms with van der Waals surface area (Å²) in [7, 11) is 0. The molecule has 11 heavy (non-hydrogen) atoms. The molecule has 0 aromatic heterocycles. The second-order valence-electron chi connectivity index (χ2n) is 3.07. The predicted molar refractivity (Wildman–Crippen MR) is 34.0 cm³/mol. The number of hydrogen-bond acceptors (Lipinski definition) is 1. The molecule has 66 valence electrons. The molecular formula is C7H11F3O. The number of halogens is 3. The molecule has 0 saturated heterocycles. The van der Waals surface area contributed by atoms with Crippen molar-refractivity contribution in [3.63, 3.8) is 0 Å². The van der Waals surface area contributed by atoms with Crippen molar-refractivity contribution in [1.82, 2.24) is 0 Å². The van der Waals surface area contributed by atoms with Crippen LogP contribution in [0.3, 0.4) is 0 Å². The van der Waals surface area contributed by atoms with Crippen LogP contribution in [-0.2, 0) is 0 Å². The minimum Gasteiger partial charge on any atom is -0.380 e. The molecule has 1 aliphatic carbocycles. The van der Waals surface area contributed by atoms with Crippen LogP contribution < -0.4 is 0 Å². The van der Waals surface area contributed by atoms with Crippen LogP contribution in [0.15, 0.2) is 0 Å². The summed E-state index contributed by atoms with van der Waals surface area (Å²) in [5, 5.41) is 9.08. The van der Waals surface area contributed by atoms with E-state index in [0.717, 1.165) is 0 Å². The first-order valence-electron chi connectivity index (χ1n) is 3.71. The van der Waals surface area contributed by atoms with Crippen LogP contribution in [0.2, 0.25) is 0 Å². The van der Waals surface area contributed by atoms with Crippen LogP contribution in [0, 0.1) is 5.92 Å². The van der Waals surface area contributed by atoms with E-state index in [0.29, 0.717) is 12.8 Å². The van der Waals surface area contributed by atoms with Crippen molar-refractivity contribution in [2.24, 2.45) is 5.92 Å². The molecule has 1 nitrogen and oxygen atoms in total. The molecule has 0 unspecified atom stereocenters. The molecule has 1 saturated carbocycles. The maximum Gasteiger partial charge on any atom is 0.417 e. The Hall–Kier alpha value is -0.250. The lowest BCUT2D eigenvalue weighted by atomic mass is 9.67. The summed E-state index contributed by atoms with van der Waals surface area (Å²) in [6, 6.07) is 0. The van der Waals surface area contributed by atoms with Gasteiger partial charge >= 0.3 is 6.18 Å². The van der Waals surface area contributed by atoms with Crippen LogP contribution in [0.4, 0.5) is 13.2 Å². The van der Waals surface area contributed by atoms with E-state index < -0.39 is 17.7 Å². The maximum absolute atomic E-state index is 12.1. The Morgan fingerprint density at radius 2 is 2.09 bits per heavy atom. The van der Waals surface area contributed by atoms with E-state index >= 15 is 0 Å². The molecule has 0 aliphatic heterocycles. The van der Waals surface area contributed by atoms with E-state index in [1.54, 1.807) is 6.92 Å². The van der Waals surface area contributed by atoms with Gasteiger partial charge in [-0.2, -0.15) is 13.2 Å². The zero-order valence-corrected chi connectivity index (χ0v) is 6.28. The summed E-state index contributed by atoms with van der Waals surface area (Å²) in [6.45, 7) is 1.67. The predicted octanol–water partition coefficient (Wildman–Crippen LogP) is 2.10. The van der Waals surface area contributed by atoms with E-state index in [9.17, 15) is 13.2 Å². The molecule has 0 bridgehead atoms. The Bertz CT molecular complexity index is 152. The van der Waals surface area contributed by atoms with Crippen LogP contribution >= 0.6 is 0 Å². The van der Waals surface area contributed by atoms with Gasteiger partial charge in [-0.3, -0.25) is 0 Å². The van der Waals surface area contributed by atoms with Gasteiger partial charge in [-0.1, -0.05) is 13.3 Å². The standard InChI is InChI=1S/C7H11F3O/c1-2-5-3-4-6(5,11)7(8,9)10/h5,11H,2-4H2,1H3/t5-,6+/m1/s1. The van der Waals surface area contributed by atoms with Gasteiger partial charge in [0.1, 0.15) is 0 Å². The number of aliphatic hydroxyl groups is 1. The van der Waals surface area contributed by atoms with Gasteiger partial charge in [0.15, 0.2) is 5.60 Å².